The maximum absolute atomic E-state index is 13.5. The molecule has 4 rings (SSSR count). The number of benzene rings is 2. The van der Waals surface area contributed by atoms with Crippen LogP contribution in [0.15, 0.2) is 36.7 Å². The fourth-order valence-corrected chi connectivity index (χ4v) is 3.43. The van der Waals surface area contributed by atoms with E-state index < -0.39 is 5.82 Å². The van der Waals surface area contributed by atoms with Crippen LogP contribution in [0.1, 0.15) is 19.8 Å². The molecule has 1 aromatic heterocycles. The van der Waals surface area contributed by atoms with Gasteiger partial charge in [0.2, 0.25) is 0 Å². The van der Waals surface area contributed by atoms with Crippen molar-refractivity contribution in [3.63, 3.8) is 0 Å². The van der Waals surface area contributed by atoms with Crippen molar-refractivity contribution in [2.75, 3.05) is 25.1 Å². The zero-order valence-corrected chi connectivity index (χ0v) is 16.7. The van der Waals surface area contributed by atoms with E-state index in [-0.39, 0.29) is 11.1 Å². The third-order valence-corrected chi connectivity index (χ3v) is 4.92. The molecule has 0 spiro atoms. The van der Waals surface area contributed by atoms with Crippen molar-refractivity contribution >= 4 is 34.0 Å². The Morgan fingerprint density at radius 2 is 2.03 bits per heavy atom. The first-order chi connectivity index (χ1) is 14.1. The number of ether oxygens (including phenoxy) is 3. The van der Waals surface area contributed by atoms with E-state index in [0.29, 0.717) is 48.3 Å². The normalized spacial score (nSPS) is 14.7. The summed E-state index contributed by atoms with van der Waals surface area (Å²) < 4.78 is 30.9. The molecule has 6 nitrogen and oxygen atoms in total. The van der Waals surface area contributed by atoms with Gasteiger partial charge < -0.3 is 19.5 Å². The third-order valence-electron chi connectivity index (χ3n) is 4.63. The van der Waals surface area contributed by atoms with Crippen LogP contribution in [0.25, 0.3) is 10.9 Å². The molecule has 0 radical (unpaired) electrons. The number of nitrogens with zero attached hydrogens (tertiary/aromatic N) is 2. The van der Waals surface area contributed by atoms with Crippen LogP contribution < -0.4 is 14.8 Å². The predicted molar refractivity (Wildman–Crippen MR) is 110 cm³/mol. The molecule has 1 N–H and O–H groups in total. The van der Waals surface area contributed by atoms with Gasteiger partial charge in [0.1, 0.15) is 35.6 Å². The summed E-state index contributed by atoms with van der Waals surface area (Å²) >= 11 is 5.91. The lowest BCUT2D eigenvalue weighted by atomic mass is 10.1. The summed E-state index contributed by atoms with van der Waals surface area (Å²) in [5, 5.41) is 3.95. The van der Waals surface area contributed by atoms with Gasteiger partial charge in [-0.15, -0.1) is 0 Å². The summed E-state index contributed by atoms with van der Waals surface area (Å²) in [6.45, 7) is 3.80. The second-order valence-corrected chi connectivity index (χ2v) is 7.06. The van der Waals surface area contributed by atoms with Gasteiger partial charge in [0.25, 0.3) is 0 Å². The van der Waals surface area contributed by atoms with Crippen molar-refractivity contribution in [1.82, 2.24) is 9.97 Å². The summed E-state index contributed by atoms with van der Waals surface area (Å²) in [6, 6.07) is 8.12. The molecule has 29 heavy (non-hydrogen) atoms. The van der Waals surface area contributed by atoms with Gasteiger partial charge >= 0.3 is 0 Å². The second-order valence-electron chi connectivity index (χ2n) is 6.65. The number of hydrogen-bond acceptors (Lipinski definition) is 6. The Labute approximate surface area is 173 Å². The maximum atomic E-state index is 13.5. The molecular formula is C21H21ClFN3O3. The third kappa shape index (κ3) is 4.52. The first-order valence-corrected chi connectivity index (χ1v) is 9.90. The van der Waals surface area contributed by atoms with E-state index >= 15 is 0 Å². The number of aromatic nitrogens is 2. The average molecular weight is 418 g/mol. The minimum Gasteiger partial charge on any atom is -0.494 e. The van der Waals surface area contributed by atoms with Crippen molar-refractivity contribution in [1.29, 1.82) is 0 Å². The highest BCUT2D eigenvalue weighted by atomic mass is 35.5. The Balaban J connectivity index is 1.76. The largest absolute Gasteiger partial charge is 0.494 e. The lowest BCUT2D eigenvalue weighted by molar-refractivity contribution is 0.0261. The Morgan fingerprint density at radius 1 is 1.21 bits per heavy atom. The average Bonchev–Trinajstić information content (AvgIpc) is 2.72. The van der Waals surface area contributed by atoms with E-state index in [2.05, 4.69) is 15.3 Å². The molecule has 0 aliphatic carbocycles. The van der Waals surface area contributed by atoms with Crippen LogP contribution >= 0.6 is 11.6 Å². The number of anilines is 2. The number of nitrogens with one attached hydrogen (secondary N) is 1. The van der Waals surface area contributed by atoms with Gasteiger partial charge in [-0.2, -0.15) is 0 Å². The summed E-state index contributed by atoms with van der Waals surface area (Å²) in [5.74, 6) is 1.38. The fraction of sp³-hybridized carbons (Fsp3) is 0.333. The van der Waals surface area contributed by atoms with Gasteiger partial charge in [-0.1, -0.05) is 11.6 Å². The van der Waals surface area contributed by atoms with Crippen LogP contribution in [0.2, 0.25) is 5.02 Å². The van der Waals surface area contributed by atoms with Crippen LogP contribution in [0.3, 0.4) is 0 Å². The van der Waals surface area contributed by atoms with E-state index in [4.69, 9.17) is 25.8 Å². The molecule has 1 aliphatic rings. The Hall–Kier alpha value is -2.64. The number of rotatable bonds is 6. The molecule has 3 aromatic rings. The quantitative estimate of drug-likeness (QED) is 0.600. The van der Waals surface area contributed by atoms with E-state index in [0.717, 1.165) is 18.2 Å². The first kappa shape index (κ1) is 19.7. The van der Waals surface area contributed by atoms with Gasteiger partial charge in [0, 0.05) is 30.7 Å². The molecule has 2 aromatic carbocycles. The molecule has 1 aliphatic heterocycles. The van der Waals surface area contributed by atoms with E-state index in [1.165, 1.54) is 18.5 Å². The molecule has 0 unspecified atom stereocenters. The second kappa shape index (κ2) is 8.80. The zero-order chi connectivity index (χ0) is 20.2. The smallest absolute Gasteiger partial charge is 0.145 e. The highest BCUT2D eigenvalue weighted by Crippen LogP contribution is 2.37. The van der Waals surface area contributed by atoms with Crippen molar-refractivity contribution < 1.29 is 18.6 Å². The molecule has 152 valence electrons. The predicted octanol–water partition coefficient (Wildman–Crippen LogP) is 5.12. The Bertz CT molecular complexity index is 1010. The highest BCUT2D eigenvalue weighted by molar-refractivity contribution is 6.31. The standard InChI is InChI=1S/C21H21ClFN3O3/c1-2-28-15-10-18-20(19(11-15)29-14-5-7-27-8-6-14)21(25-12-24-18)26-13-3-4-17(23)16(22)9-13/h3-4,9-12,14H,2,5-8H2,1H3,(H,24,25,26). The fourth-order valence-electron chi connectivity index (χ4n) is 3.25. The van der Waals surface area contributed by atoms with Gasteiger partial charge in [-0.25, -0.2) is 14.4 Å². The number of halogens is 2. The van der Waals surface area contributed by atoms with Crippen molar-refractivity contribution in [3.8, 4) is 11.5 Å². The molecule has 2 heterocycles. The molecular weight excluding hydrogens is 397 g/mol. The summed E-state index contributed by atoms with van der Waals surface area (Å²) in [7, 11) is 0. The first-order valence-electron chi connectivity index (χ1n) is 9.52. The molecule has 1 fully saturated rings. The van der Waals surface area contributed by atoms with Crippen LogP contribution in [0.4, 0.5) is 15.9 Å². The highest BCUT2D eigenvalue weighted by Gasteiger charge is 2.20. The van der Waals surface area contributed by atoms with Crippen LogP contribution in [-0.2, 0) is 4.74 Å². The monoisotopic (exact) mass is 417 g/mol. The van der Waals surface area contributed by atoms with Crippen LogP contribution in [0.5, 0.6) is 11.5 Å². The zero-order valence-electron chi connectivity index (χ0n) is 16.0. The molecule has 0 atom stereocenters. The van der Waals surface area contributed by atoms with Gasteiger partial charge in [0.05, 0.1) is 35.7 Å². The summed E-state index contributed by atoms with van der Waals surface area (Å²) in [5.41, 5.74) is 1.30. The topological polar surface area (TPSA) is 65.5 Å². The van der Waals surface area contributed by atoms with E-state index in [1.807, 2.05) is 19.1 Å². The van der Waals surface area contributed by atoms with E-state index in [9.17, 15) is 4.39 Å². The SMILES string of the molecule is CCOc1cc(OC2CCOCC2)c2c(Nc3ccc(F)c(Cl)c3)ncnc2c1. The number of hydrogen-bond donors (Lipinski definition) is 1. The van der Waals surface area contributed by atoms with Gasteiger partial charge in [-0.3, -0.25) is 0 Å². The minimum absolute atomic E-state index is 0.0330. The molecule has 8 heteroatoms. The summed E-state index contributed by atoms with van der Waals surface area (Å²) in [6.07, 6.45) is 3.12. The minimum atomic E-state index is -0.477. The van der Waals surface area contributed by atoms with Crippen molar-refractivity contribution in [2.24, 2.45) is 0 Å². The number of fused-ring (bicyclic) bond motifs is 1. The maximum Gasteiger partial charge on any atom is 0.145 e. The lowest BCUT2D eigenvalue weighted by Gasteiger charge is -2.24. The summed E-state index contributed by atoms with van der Waals surface area (Å²) in [4.78, 5) is 8.77. The molecule has 0 bridgehead atoms. The molecule has 0 amide bonds. The lowest BCUT2D eigenvalue weighted by Crippen LogP contribution is -2.26. The molecule has 1 saturated heterocycles. The Kier molecular flexibility index (Phi) is 5.97. The Morgan fingerprint density at radius 3 is 2.79 bits per heavy atom. The molecule has 0 saturated carbocycles. The van der Waals surface area contributed by atoms with Crippen LogP contribution in [-0.4, -0.2) is 35.9 Å². The van der Waals surface area contributed by atoms with Crippen molar-refractivity contribution in [2.45, 2.75) is 25.9 Å². The van der Waals surface area contributed by atoms with E-state index in [1.54, 1.807) is 6.07 Å². The van der Waals surface area contributed by atoms with Gasteiger partial charge in [0.15, 0.2) is 0 Å². The van der Waals surface area contributed by atoms with Gasteiger partial charge in [-0.05, 0) is 25.1 Å². The van der Waals surface area contributed by atoms with Crippen molar-refractivity contribution in [3.05, 3.63) is 47.5 Å². The van der Waals surface area contributed by atoms with Crippen LogP contribution in [0, 0.1) is 5.82 Å².